The minimum Gasteiger partial charge on any atom is -0.339 e. The van der Waals surface area contributed by atoms with E-state index in [2.05, 4.69) is 22.4 Å². The lowest BCUT2D eigenvalue weighted by atomic mass is 9.80. The van der Waals surface area contributed by atoms with Gasteiger partial charge in [0.2, 0.25) is 5.89 Å². The van der Waals surface area contributed by atoms with Crippen molar-refractivity contribution >= 4 is 0 Å². The minimum atomic E-state index is -0.415. The lowest BCUT2D eigenvalue weighted by molar-refractivity contribution is 0.204. The van der Waals surface area contributed by atoms with Gasteiger partial charge in [-0.2, -0.15) is 4.98 Å². The van der Waals surface area contributed by atoms with E-state index < -0.39 is 5.54 Å². The number of hydrogen-bond acceptors (Lipinski definition) is 5. The van der Waals surface area contributed by atoms with Crippen LogP contribution in [0.1, 0.15) is 43.8 Å². The van der Waals surface area contributed by atoms with Crippen LogP contribution in [0.15, 0.2) is 4.52 Å². The van der Waals surface area contributed by atoms with Gasteiger partial charge in [0.05, 0.1) is 5.54 Å². The van der Waals surface area contributed by atoms with E-state index in [0.29, 0.717) is 17.7 Å². The molecule has 16 heavy (non-hydrogen) atoms. The van der Waals surface area contributed by atoms with Crippen LogP contribution < -0.4 is 11.1 Å². The summed E-state index contributed by atoms with van der Waals surface area (Å²) in [7, 11) is 0. The first-order chi connectivity index (χ1) is 7.70. The molecule has 2 heterocycles. The Kier molecular flexibility index (Phi) is 2.26. The van der Waals surface area contributed by atoms with Crippen LogP contribution in [-0.4, -0.2) is 23.2 Å². The maximum absolute atomic E-state index is 6.43. The fourth-order valence-electron chi connectivity index (χ4n) is 2.29. The summed E-state index contributed by atoms with van der Waals surface area (Å²) in [5.74, 6) is 2.32. The normalized spacial score (nSPS) is 35.2. The first-order valence-corrected chi connectivity index (χ1v) is 6.04. The quantitative estimate of drug-likeness (QED) is 0.771. The summed E-state index contributed by atoms with van der Waals surface area (Å²) in [6, 6.07) is 0. The molecular formula is C11H18N4O. The molecule has 1 saturated carbocycles. The fraction of sp³-hybridized carbons (Fsp3) is 0.818. The van der Waals surface area contributed by atoms with E-state index in [1.54, 1.807) is 0 Å². The van der Waals surface area contributed by atoms with E-state index in [0.717, 1.165) is 25.4 Å². The Hall–Kier alpha value is -0.940. The van der Waals surface area contributed by atoms with Crippen molar-refractivity contribution in [2.45, 2.75) is 37.6 Å². The van der Waals surface area contributed by atoms with E-state index in [4.69, 9.17) is 10.3 Å². The molecule has 5 heteroatoms. The summed E-state index contributed by atoms with van der Waals surface area (Å²) in [4.78, 5) is 4.49. The molecule has 3 rings (SSSR count). The molecule has 0 amide bonds. The van der Waals surface area contributed by atoms with Gasteiger partial charge in [0.15, 0.2) is 5.82 Å². The highest BCUT2D eigenvalue weighted by Crippen LogP contribution is 2.40. The Bertz CT molecular complexity index is 387. The van der Waals surface area contributed by atoms with Crippen LogP contribution in [0, 0.1) is 5.92 Å². The van der Waals surface area contributed by atoms with E-state index in [-0.39, 0.29) is 0 Å². The molecular weight excluding hydrogens is 204 g/mol. The number of nitrogens with two attached hydrogens (primary N) is 1. The number of nitrogens with one attached hydrogen (secondary N) is 1. The molecule has 1 aliphatic carbocycles. The number of rotatable bonds is 2. The zero-order valence-corrected chi connectivity index (χ0v) is 9.57. The summed E-state index contributed by atoms with van der Waals surface area (Å²) in [6.45, 7) is 3.98. The highest BCUT2D eigenvalue weighted by Gasteiger charge is 2.41. The summed E-state index contributed by atoms with van der Waals surface area (Å²) < 4.78 is 5.29. The van der Waals surface area contributed by atoms with Crippen molar-refractivity contribution in [3.05, 3.63) is 11.7 Å². The minimum absolute atomic E-state index is 0.339. The Morgan fingerprint density at radius 1 is 1.50 bits per heavy atom. The molecule has 0 radical (unpaired) electrons. The lowest BCUT2D eigenvalue weighted by Gasteiger charge is -2.37. The zero-order valence-electron chi connectivity index (χ0n) is 9.57. The van der Waals surface area contributed by atoms with Crippen molar-refractivity contribution < 1.29 is 4.52 Å². The number of hydrogen-bond donors (Lipinski definition) is 2. The van der Waals surface area contributed by atoms with Crippen molar-refractivity contribution in [1.29, 1.82) is 0 Å². The third-order valence-corrected chi connectivity index (χ3v) is 3.83. The maximum Gasteiger partial charge on any atom is 0.229 e. The standard InChI is InChI=1S/C11H18N4O/c1-7-6-13-5-4-11(7,12)10-14-9(16-15-10)8-2-3-8/h7-8,13H,2-6,12H2,1H3. The van der Waals surface area contributed by atoms with Crippen LogP contribution in [0.2, 0.25) is 0 Å². The van der Waals surface area contributed by atoms with Crippen LogP contribution in [-0.2, 0) is 5.54 Å². The predicted octanol–water partition coefficient (Wildman–Crippen LogP) is 0.730. The number of aromatic nitrogens is 2. The van der Waals surface area contributed by atoms with Gasteiger partial charge >= 0.3 is 0 Å². The van der Waals surface area contributed by atoms with Crippen LogP contribution in [0.5, 0.6) is 0 Å². The second-order valence-electron chi connectivity index (χ2n) is 5.13. The number of nitrogens with zero attached hydrogens (tertiary/aromatic N) is 2. The molecule has 88 valence electrons. The zero-order chi connectivity index (χ0) is 11.2. The summed E-state index contributed by atoms with van der Waals surface area (Å²) in [5, 5.41) is 7.42. The molecule has 0 spiro atoms. The largest absolute Gasteiger partial charge is 0.339 e. The van der Waals surface area contributed by atoms with Crippen LogP contribution >= 0.6 is 0 Å². The molecule has 2 unspecified atom stereocenters. The van der Waals surface area contributed by atoms with E-state index >= 15 is 0 Å². The average Bonchev–Trinajstić information content (AvgIpc) is 3.01. The molecule has 3 N–H and O–H groups in total. The third kappa shape index (κ3) is 1.55. The Morgan fingerprint density at radius 3 is 3.00 bits per heavy atom. The molecule has 1 aliphatic heterocycles. The van der Waals surface area contributed by atoms with E-state index in [1.165, 1.54) is 12.8 Å². The van der Waals surface area contributed by atoms with Crippen molar-refractivity contribution in [2.24, 2.45) is 11.7 Å². The monoisotopic (exact) mass is 222 g/mol. The van der Waals surface area contributed by atoms with Crippen molar-refractivity contribution in [1.82, 2.24) is 15.5 Å². The van der Waals surface area contributed by atoms with Gasteiger partial charge in [-0.3, -0.25) is 0 Å². The van der Waals surface area contributed by atoms with Crippen molar-refractivity contribution in [3.63, 3.8) is 0 Å². The van der Waals surface area contributed by atoms with Gasteiger partial charge < -0.3 is 15.6 Å². The Balaban J connectivity index is 1.87. The van der Waals surface area contributed by atoms with E-state index in [1.807, 2.05) is 0 Å². The first kappa shape index (κ1) is 10.2. The molecule has 1 aromatic rings. The summed E-state index contributed by atoms with van der Waals surface area (Å²) in [6.07, 6.45) is 3.23. The molecule has 5 nitrogen and oxygen atoms in total. The number of piperidine rings is 1. The van der Waals surface area contributed by atoms with Crippen LogP contribution in [0.4, 0.5) is 0 Å². The van der Waals surface area contributed by atoms with Gasteiger partial charge in [-0.1, -0.05) is 12.1 Å². The summed E-state index contributed by atoms with van der Waals surface area (Å²) in [5.41, 5.74) is 6.02. The predicted molar refractivity (Wildman–Crippen MR) is 58.8 cm³/mol. The van der Waals surface area contributed by atoms with Gasteiger partial charge in [0.1, 0.15) is 0 Å². The lowest BCUT2D eigenvalue weighted by Crippen LogP contribution is -2.53. The second-order valence-corrected chi connectivity index (χ2v) is 5.13. The Morgan fingerprint density at radius 2 is 2.31 bits per heavy atom. The van der Waals surface area contributed by atoms with Gasteiger partial charge in [-0.05, 0) is 38.3 Å². The Labute approximate surface area is 94.8 Å². The van der Waals surface area contributed by atoms with Gasteiger partial charge in [0.25, 0.3) is 0 Å². The fourth-order valence-corrected chi connectivity index (χ4v) is 2.29. The average molecular weight is 222 g/mol. The van der Waals surface area contributed by atoms with Gasteiger partial charge in [-0.15, -0.1) is 0 Å². The SMILES string of the molecule is CC1CNCCC1(N)c1noc(C2CC2)n1. The molecule has 0 bridgehead atoms. The molecule has 2 aliphatic rings. The molecule has 2 atom stereocenters. The highest BCUT2D eigenvalue weighted by atomic mass is 16.5. The maximum atomic E-state index is 6.43. The molecule has 1 saturated heterocycles. The first-order valence-electron chi connectivity index (χ1n) is 6.04. The van der Waals surface area contributed by atoms with Crippen molar-refractivity contribution in [2.75, 3.05) is 13.1 Å². The smallest absolute Gasteiger partial charge is 0.229 e. The van der Waals surface area contributed by atoms with Gasteiger partial charge in [0, 0.05) is 5.92 Å². The second kappa shape index (κ2) is 3.53. The molecule has 0 aromatic carbocycles. The highest BCUT2D eigenvalue weighted by molar-refractivity contribution is 5.11. The van der Waals surface area contributed by atoms with Crippen LogP contribution in [0.3, 0.4) is 0 Å². The summed E-state index contributed by atoms with van der Waals surface area (Å²) >= 11 is 0. The third-order valence-electron chi connectivity index (χ3n) is 3.83. The van der Waals surface area contributed by atoms with E-state index in [9.17, 15) is 0 Å². The van der Waals surface area contributed by atoms with Crippen molar-refractivity contribution in [3.8, 4) is 0 Å². The topological polar surface area (TPSA) is 77.0 Å². The molecule has 2 fully saturated rings. The van der Waals surface area contributed by atoms with Gasteiger partial charge in [-0.25, -0.2) is 0 Å². The molecule has 1 aromatic heterocycles. The van der Waals surface area contributed by atoms with Crippen LogP contribution in [0.25, 0.3) is 0 Å².